The number of rotatable bonds is 9. The first-order valence-corrected chi connectivity index (χ1v) is 13.1. The molecule has 0 atom stereocenters. The Labute approximate surface area is 197 Å². The van der Waals surface area contributed by atoms with E-state index in [9.17, 15) is 14.8 Å². The molecule has 0 unspecified atom stereocenters. The molecule has 1 aliphatic rings. The molecule has 1 fully saturated rings. The van der Waals surface area contributed by atoms with E-state index in [1.165, 1.54) is 0 Å². The Morgan fingerprint density at radius 2 is 2.00 bits per heavy atom. The van der Waals surface area contributed by atoms with Crippen LogP contribution in [0.3, 0.4) is 0 Å². The number of hydrogen-bond donors (Lipinski definition) is 4. The van der Waals surface area contributed by atoms with E-state index in [-0.39, 0.29) is 18.4 Å². The van der Waals surface area contributed by atoms with Gasteiger partial charge in [0.15, 0.2) is 0 Å². The fourth-order valence-corrected chi connectivity index (χ4v) is 4.87. The molecule has 1 aromatic carbocycles. The number of nitrogens with zero attached hydrogens (tertiary/aromatic N) is 4. The van der Waals surface area contributed by atoms with Gasteiger partial charge in [0.2, 0.25) is 5.95 Å². The van der Waals surface area contributed by atoms with Gasteiger partial charge in [-0.2, -0.15) is 0 Å². The number of aryl methyl sites for hydroxylation is 1. The lowest BCUT2D eigenvalue weighted by molar-refractivity contribution is 0.219. The standard InChI is InChI=1S/C23H34N6O3S/c1-16-3-6-22(31)20(25-16)14-29-21-13-17(15-30)4-5-19(21)27-23(29)26-18-7-10-28(11-8-18)9-2-12-33(24)32/h3-6,13,18,30-31H,2,7-12,14-15,24,33H2,1H3,(H,26,27). The maximum Gasteiger partial charge on any atom is 0.204 e. The summed E-state index contributed by atoms with van der Waals surface area (Å²) in [5, 5.41) is 29.0. The highest BCUT2D eigenvalue weighted by Crippen LogP contribution is 2.26. The second kappa shape index (κ2) is 10.7. The maximum absolute atomic E-state index is 11.1. The number of anilines is 1. The molecule has 9 nitrogen and oxygen atoms in total. The maximum atomic E-state index is 11.1. The molecule has 180 valence electrons. The van der Waals surface area contributed by atoms with E-state index in [1.54, 1.807) is 12.1 Å². The van der Waals surface area contributed by atoms with Crippen molar-refractivity contribution in [1.82, 2.24) is 19.4 Å². The number of imidazole rings is 1. The minimum atomic E-state index is -1.88. The second-order valence-electron chi connectivity index (χ2n) is 8.75. The van der Waals surface area contributed by atoms with Crippen molar-refractivity contribution in [2.75, 3.05) is 30.7 Å². The highest BCUT2D eigenvalue weighted by atomic mass is 32.2. The lowest BCUT2D eigenvalue weighted by Gasteiger charge is -2.32. The smallest absolute Gasteiger partial charge is 0.204 e. The van der Waals surface area contributed by atoms with Gasteiger partial charge in [0.05, 0.1) is 24.2 Å². The van der Waals surface area contributed by atoms with E-state index in [1.807, 2.05) is 29.7 Å². The normalized spacial score (nSPS) is 15.8. The third kappa shape index (κ3) is 5.96. The van der Waals surface area contributed by atoms with E-state index >= 15 is 0 Å². The molecule has 0 spiro atoms. The van der Waals surface area contributed by atoms with Crippen LogP contribution in [0.5, 0.6) is 5.75 Å². The number of aliphatic hydroxyl groups is 1. The molecular formula is C23H34N6O3S. The summed E-state index contributed by atoms with van der Waals surface area (Å²) in [7, 11) is 0. The van der Waals surface area contributed by atoms with Gasteiger partial charge in [-0.05, 0) is 56.0 Å². The van der Waals surface area contributed by atoms with Gasteiger partial charge in [0.25, 0.3) is 0 Å². The molecule has 33 heavy (non-hydrogen) atoms. The summed E-state index contributed by atoms with van der Waals surface area (Å²) in [4.78, 5) is 11.7. The number of hydrogen-bond acceptors (Lipinski definition) is 8. The molecule has 3 heterocycles. The number of aromatic nitrogens is 3. The lowest BCUT2D eigenvalue weighted by Crippen LogP contribution is -2.40. The summed E-state index contributed by atoms with van der Waals surface area (Å²) in [6.07, 6.45) is 2.84. The van der Waals surface area contributed by atoms with Crippen molar-refractivity contribution in [2.45, 2.75) is 45.4 Å². The van der Waals surface area contributed by atoms with Crippen molar-refractivity contribution in [2.24, 2.45) is 5.14 Å². The third-order valence-corrected chi connectivity index (χ3v) is 7.06. The third-order valence-electron chi connectivity index (χ3n) is 6.21. The Morgan fingerprint density at radius 1 is 1.21 bits per heavy atom. The molecule has 5 N–H and O–H groups in total. The summed E-state index contributed by atoms with van der Waals surface area (Å²) in [5.41, 5.74) is 3.95. The molecule has 4 rings (SSSR count). The van der Waals surface area contributed by atoms with Gasteiger partial charge in [-0.25, -0.2) is 10.1 Å². The Morgan fingerprint density at radius 3 is 2.73 bits per heavy atom. The molecule has 1 aliphatic heterocycles. The molecule has 1 saturated heterocycles. The fourth-order valence-electron chi connectivity index (χ4n) is 4.37. The van der Waals surface area contributed by atoms with Gasteiger partial charge in [-0.15, -0.1) is 0 Å². The van der Waals surface area contributed by atoms with Crippen LogP contribution in [0.25, 0.3) is 11.0 Å². The molecule has 0 radical (unpaired) electrons. The van der Waals surface area contributed by atoms with Crippen LogP contribution in [0.2, 0.25) is 0 Å². The summed E-state index contributed by atoms with van der Waals surface area (Å²) in [6, 6.07) is 9.46. The number of aromatic hydroxyl groups is 1. The predicted octanol–water partition coefficient (Wildman–Crippen LogP) is 1.34. The summed E-state index contributed by atoms with van der Waals surface area (Å²) >= 11 is -1.88. The highest BCUT2D eigenvalue weighted by Gasteiger charge is 2.22. The number of likely N-dealkylation sites (tertiary alicyclic amines) is 1. The van der Waals surface area contributed by atoms with Gasteiger partial charge >= 0.3 is 0 Å². The molecule has 0 saturated carbocycles. The number of benzene rings is 1. The van der Waals surface area contributed by atoms with Crippen molar-refractivity contribution in [3.05, 3.63) is 47.3 Å². The SMILES string of the molecule is Cc1ccc(O)c(Cn2c(NC3CCN(CCC[SH2+](N)[O-])CC3)nc3ccc(CO)cc32)n1. The molecule has 3 aromatic rings. The average molecular weight is 475 g/mol. The number of nitrogens with one attached hydrogen (secondary N) is 1. The monoisotopic (exact) mass is 474 g/mol. The van der Waals surface area contributed by atoms with Gasteiger partial charge in [0.1, 0.15) is 11.4 Å². The molecular weight excluding hydrogens is 440 g/mol. The van der Waals surface area contributed by atoms with Crippen LogP contribution >= 0.6 is 0 Å². The average Bonchev–Trinajstić information content (AvgIpc) is 3.13. The first kappa shape index (κ1) is 23.8. The van der Waals surface area contributed by atoms with Crippen LogP contribution in [-0.4, -0.2) is 65.6 Å². The molecule has 0 aliphatic carbocycles. The zero-order valence-corrected chi connectivity index (χ0v) is 20.0. The van der Waals surface area contributed by atoms with Crippen molar-refractivity contribution < 1.29 is 14.8 Å². The molecule has 10 heteroatoms. The van der Waals surface area contributed by atoms with Crippen molar-refractivity contribution >= 4 is 28.3 Å². The topological polar surface area (TPSA) is 136 Å². The number of aliphatic hydroxyl groups excluding tert-OH is 1. The van der Waals surface area contributed by atoms with E-state index in [2.05, 4.69) is 15.2 Å². The van der Waals surface area contributed by atoms with Gasteiger partial charge < -0.3 is 29.5 Å². The van der Waals surface area contributed by atoms with Crippen molar-refractivity contribution in [1.29, 1.82) is 0 Å². The minimum Gasteiger partial charge on any atom is -0.672 e. The van der Waals surface area contributed by atoms with Crippen LogP contribution in [0.4, 0.5) is 5.95 Å². The lowest BCUT2D eigenvalue weighted by atomic mass is 10.1. The minimum absolute atomic E-state index is 0.0463. The Balaban J connectivity index is 1.52. The first-order chi connectivity index (χ1) is 15.9. The summed E-state index contributed by atoms with van der Waals surface area (Å²) < 4.78 is 13.2. The largest absolute Gasteiger partial charge is 0.672 e. The van der Waals surface area contributed by atoms with Crippen LogP contribution in [-0.2, 0) is 24.5 Å². The number of fused-ring (bicyclic) bond motifs is 1. The van der Waals surface area contributed by atoms with Gasteiger partial charge in [-0.3, -0.25) is 16.3 Å². The van der Waals surface area contributed by atoms with Crippen molar-refractivity contribution in [3.63, 3.8) is 0 Å². The Bertz CT molecular complexity index is 1080. The van der Waals surface area contributed by atoms with Crippen molar-refractivity contribution in [3.8, 4) is 5.75 Å². The summed E-state index contributed by atoms with van der Waals surface area (Å²) in [6.45, 7) is 5.10. The zero-order chi connectivity index (χ0) is 23.4. The summed E-state index contributed by atoms with van der Waals surface area (Å²) in [5.74, 6) is 1.51. The van der Waals surface area contributed by atoms with Gasteiger partial charge in [0, 0.05) is 37.1 Å². The first-order valence-electron chi connectivity index (χ1n) is 11.5. The number of pyridine rings is 1. The van der Waals surface area contributed by atoms with E-state index in [0.717, 1.165) is 67.1 Å². The van der Waals surface area contributed by atoms with E-state index < -0.39 is 11.4 Å². The van der Waals surface area contributed by atoms with Gasteiger partial charge in [-0.1, -0.05) is 6.07 Å². The molecule has 0 bridgehead atoms. The van der Waals surface area contributed by atoms with Crippen LogP contribution in [0.15, 0.2) is 30.3 Å². The molecule has 0 amide bonds. The fraction of sp³-hybridized carbons (Fsp3) is 0.478. The highest BCUT2D eigenvalue weighted by molar-refractivity contribution is 7.89. The van der Waals surface area contributed by atoms with Crippen LogP contribution in [0, 0.1) is 6.92 Å². The predicted molar refractivity (Wildman–Crippen MR) is 133 cm³/mol. The number of nitrogens with two attached hydrogens (primary N) is 1. The van der Waals surface area contributed by atoms with Crippen LogP contribution in [0.1, 0.15) is 36.2 Å². The van der Waals surface area contributed by atoms with Crippen LogP contribution < -0.4 is 10.5 Å². The Hall–Kier alpha value is -2.37. The second-order valence-corrected chi connectivity index (χ2v) is 10.2. The Kier molecular flexibility index (Phi) is 7.71. The molecule has 2 aromatic heterocycles. The quantitative estimate of drug-likeness (QED) is 0.341. The zero-order valence-electron chi connectivity index (χ0n) is 19.0. The van der Waals surface area contributed by atoms with E-state index in [0.29, 0.717) is 18.0 Å². The number of piperidine rings is 1. The van der Waals surface area contributed by atoms with E-state index in [4.69, 9.17) is 10.1 Å².